The molecule has 1 amide bonds. The van der Waals surface area contributed by atoms with Gasteiger partial charge in [0.15, 0.2) is 11.5 Å². The first-order chi connectivity index (χ1) is 11.7. The molecule has 1 heterocycles. The second kappa shape index (κ2) is 8.11. The second-order valence-corrected chi connectivity index (χ2v) is 6.88. The van der Waals surface area contributed by atoms with E-state index in [-0.39, 0.29) is 12.0 Å². The molecule has 0 saturated carbocycles. The molecule has 2 aromatic rings. The molecule has 0 fully saturated rings. The zero-order valence-electron chi connectivity index (χ0n) is 13.7. The van der Waals surface area contributed by atoms with Crippen LogP contribution in [0.15, 0.2) is 53.4 Å². The zero-order valence-corrected chi connectivity index (χ0v) is 14.5. The Morgan fingerprint density at radius 1 is 1.17 bits per heavy atom. The van der Waals surface area contributed by atoms with Crippen LogP contribution in [0.2, 0.25) is 0 Å². The van der Waals surface area contributed by atoms with E-state index in [1.165, 1.54) is 10.5 Å². The van der Waals surface area contributed by atoms with Crippen LogP contribution < -0.4 is 14.8 Å². The van der Waals surface area contributed by atoms with Gasteiger partial charge in [-0.25, -0.2) is 0 Å². The van der Waals surface area contributed by atoms with Crippen molar-refractivity contribution in [2.75, 3.05) is 18.9 Å². The van der Waals surface area contributed by atoms with E-state index in [0.29, 0.717) is 19.6 Å². The molecule has 126 valence electrons. The number of nitrogens with one attached hydrogen (secondary N) is 1. The standard InChI is InChI=1S/C19H21NO3S/c1-14-6-8-16(9-7-14)24-11-10-19(21)20-12-15-13-22-17-4-2-3-5-18(17)23-15/h2-9,15H,10-13H2,1H3,(H,20,21)/t15-/m0/s1. The van der Waals surface area contributed by atoms with Crippen LogP contribution in [0.3, 0.4) is 0 Å². The number of amides is 1. The van der Waals surface area contributed by atoms with E-state index in [1.807, 2.05) is 24.3 Å². The molecule has 24 heavy (non-hydrogen) atoms. The maximum absolute atomic E-state index is 12.0. The van der Waals surface area contributed by atoms with Crippen molar-refractivity contribution in [1.82, 2.24) is 5.32 Å². The van der Waals surface area contributed by atoms with Crippen molar-refractivity contribution in [1.29, 1.82) is 0 Å². The van der Waals surface area contributed by atoms with Crippen LogP contribution in [0.1, 0.15) is 12.0 Å². The highest BCUT2D eigenvalue weighted by atomic mass is 32.2. The minimum absolute atomic E-state index is 0.0390. The van der Waals surface area contributed by atoms with Crippen LogP contribution in [0.4, 0.5) is 0 Å². The average Bonchev–Trinajstić information content (AvgIpc) is 2.61. The monoisotopic (exact) mass is 343 g/mol. The van der Waals surface area contributed by atoms with Gasteiger partial charge in [-0.05, 0) is 31.2 Å². The summed E-state index contributed by atoms with van der Waals surface area (Å²) in [5.74, 6) is 2.30. The summed E-state index contributed by atoms with van der Waals surface area (Å²) in [6, 6.07) is 15.9. The molecule has 0 saturated heterocycles. The summed E-state index contributed by atoms with van der Waals surface area (Å²) in [5.41, 5.74) is 1.24. The number of hydrogen-bond donors (Lipinski definition) is 1. The number of para-hydroxylation sites is 2. The topological polar surface area (TPSA) is 47.6 Å². The number of ether oxygens (including phenoxy) is 2. The highest BCUT2D eigenvalue weighted by Gasteiger charge is 2.20. The molecule has 0 radical (unpaired) electrons. The lowest BCUT2D eigenvalue weighted by atomic mass is 10.2. The van der Waals surface area contributed by atoms with Crippen LogP contribution >= 0.6 is 11.8 Å². The lowest BCUT2D eigenvalue weighted by Crippen LogP contribution is -2.40. The van der Waals surface area contributed by atoms with E-state index >= 15 is 0 Å². The SMILES string of the molecule is Cc1ccc(SCCC(=O)NC[C@H]2COc3ccccc3O2)cc1. The summed E-state index contributed by atoms with van der Waals surface area (Å²) in [6.07, 6.45) is 0.344. The number of carbonyl (C=O) groups excluding carboxylic acids is 1. The van der Waals surface area contributed by atoms with Crippen LogP contribution in [-0.2, 0) is 4.79 Å². The number of benzene rings is 2. The predicted octanol–water partition coefficient (Wildman–Crippen LogP) is 3.43. The van der Waals surface area contributed by atoms with Crippen molar-refractivity contribution in [3.63, 3.8) is 0 Å². The molecule has 0 bridgehead atoms. The molecule has 0 unspecified atom stereocenters. The van der Waals surface area contributed by atoms with Gasteiger partial charge in [-0.15, -0.1) is 11.8 Å². The molecule has 1 N–H and O–H groups in total. The van der Waals surface area contributed by atoms with Gasteiger partial charge in [0.25, 0.3) is 0 Å². The fourth-order valence-corrected chi connectivity index (χ4v) is 3.23. The van der Waals surface area contributed by atoms with Crippen molar-refractivity contribution in [2.45, 2.75) is 24.3 Å². The summed E-state index contributed by atoms with van der Waals surface area (Å²) in [4.78, 5) is 13.1. The van der Waals surface area contributed by atoms with Gasteiger partial charge in [0.1, 0.15) is 12.7 Å². The van der Waals surface area contributed by atoms with Crippen LogP contribution in [-0.4, -0.2) is 30.9 Å². The van der Waals surface area contributed by atoms with Gasteiger partial charge in [0.05, 0.1) is 6.54 Å². The highest BCUT2D eigenvalue weighted by molar-refractivity contribution is 7.99. The Labute approximate surface area is 146 Å². The summed E-state index contributed by atoms with van der Waals surface area (Å²) < 4.78 is 11.5. The fourth-order valence-electron chi connectivity index (χ4n) is 2.38. The van der Waals surface area contributed by atoms with E-state index in [4.69, 9.17) is 9.47 Å². The molecule has 0 aromatic heterocycles. The maximum atomic E-state index is 12.0. The first kappa shape index (κ1) is 16.7. The maximum Gasteiger partial charge on any atom is 0.220 e. The predicted molar refractivity (Wildman–Crippen MR) is 95.9 cm³/mol. The number of thioether (sulfide) groups is 1. The minimum atomic E-state index is -0.145. The number of rotatable bonds is 6. The quantitative estimate of drug-likeness (QED) is 0.816. The lowest BCUT2D eigenvalue weighted by molar-refractivity contribution is -0.121. The Morgan fingerprint density at radius 2 is 1.92 bits per heavy atom. The number of aryl methyl sites for hydroxylation is 1. The summed E-state index contributed by atoms with van der Waals surface area (Å²) >= 11 is 1.69. The van der Waals surface area contributed by atoms with Crippen molar-refractivity contribution in [3.8, 4) is 11.5 Å². The molecule has 1 aliphatic heterocycles. The largest absolute Gasteiger partial charge is 0.486 e. The molecule has 1 atom stereocenters. The number of carbonyl (C=O) groups is 1. The molecule has 0 spiro atoms. The fraction of sp³-hybridized carbons (Fsp3) is 0.316. The van der Waals surface area contributed by atoms with E-state index < -0.39 is 0 Å². The van der Waals surface area contributed by atoms with Gasteiger partial charge in [0, 0.05) is 17.1 Å². The van der Waals surface area contributed by atoms with Crippen LogP contribution in [0.25, 0.3) is 0 Å². The summed E-state index contributed by atoms with van der Waals surface area (Å²) in [7, 11) is 0. The molecular weight excluding hydrogens is 322 g/mol. The van der Waals surface area contributed by atoms with E-state index in [9.17, 15) is 4.79 Å². The van der Waals surface area contributed by atoms with Gasteiger partial charge < -0.3 is 14.8 Å². The smallest absolute Gasteiger partial charge is 0.220 e. The first-order valence-electron chi connectivity index (χ1n) is 8.05. The van der Waals surface area contributed by atoms with Crippen molar-refractivity contribution in [2.24, 2.45) is 0 Å². The van der Waals surface area contributed by atoms with Crippen molar-refractivity contribution < 1.29 is 14.3 Å². The van der Waals surface area contributed by atoms with Crippen molar-refractivity contribution in [3.05, 3.63) is 54.1 Å². The van der Waals surface area contributed by atoms with Gasteiger partial charge in [-0.3, -0.25) is 4.79 Å². The zero-order chi connectivity index (χ0) is 16.8. The van der Waals surface area contributed by atoms with Crippen LogP contribution in [0, 0.1) is 6.92 Å². The number of hydrogen-bond acceptors (Lipinski definition) is 4. The van der Waals surface area contributed by atoms with E-state index in [0.717, 1.165) is 17.3 Å². The Kier molecular flexibility index (Phi) is 5.64. The number of fused-ring (bicyclic) bond motifs is 1. The van der Waals surface area contributed by atoms with Crippen LogP contribution in [0.5, 0.6) is 11.5 Å². The molecule has 2 aromatic carbocycles. The van der Waals surface area contributed by atoms with Gasteiger partial charge in [-0.1, -0.05) is 29.8 Å². The molecule has 4 nitrogen and oxygen atoms in total. The van der Waals surface area contributed by atoms with Gasteiger partial charge in [0.2, 0.25) is 5.91 Å². The van der Waals surface area contributed by atoms with Gasteiger partial charge >= 0.3 is 0 Å². The van der Waals surface area contributed by atoms with E-state index in [1.54, 1.807) is 11.8 Å². The summed E-state index contributed by atoms with van der Waals surface area (Å²) in [6.45, 7) is 2.98. The normalized spacial score (nSPS) is 15.8. The van der Waals surface area contributed by atoms with Gasteiger partial charge in [-0.2, -0.15) is 0 Å². The third kappa shape index (κ3) is 4.68. The Balaban J connectivity index is 1.36. The molecule has 5 heteroatoms. The molecule has 0 aliphatic carbocycles. The van der Waals surface area contributed by atoms with Crippen molar-refractivity contribution >= 4 is 17.7 Å². The second-order valence-electron chi connectivity index (χ2n) is 5.71. The Hall–Kier alpha value is -2.14. The highest BCUT2D eigenvalue weighted by Crippen LogP contribution is 2.30. The minimum Gasteiger partial charge on any atom is -0.486 e. The third-order valence-electron chi connectivity index (χ3n) is 3.71. The molecule has 3 rings (SSSR count). The average molecular weight is 343 g/mol. The Morgan fingerprint density at radius 3 is 2.71 bits per heavy atom. The first-order valence-corrected chi connectivity index (χ1v) is 9.04. The van der Waals surface area contributed by atoms with E-state index in [2.05, 4.69) is 36.5 Å². The molecular formula is C19H21NO3S. The summed E-state index contributed by atoms with van der Waals surface area (Å²) in [5, 5.41) is 2.92. The molecule has 1 aliphatic rings. The Bertz CT molecular complexity index is 687. The lowest BCUT2D eigenvalue weighted by Gasteiger charge is -2.26. The third-order valence-corrected chi connectivity index (χ3v) is 4.73.